The Labute approximate surface area is 139 Å². The van der Waals surface area contributed by atoms with E-state index in [1.54, 1.807) is 21.3 Å². The molecule has 1 heterocycles. The molecule has 0 spiro atoms. The molecule has 0 fully saturated rings. The van der Waals surface area contributed by atoms with Crippen LogP contribution in [0.4, 0.5) is 13.2 Å². The molecule has 0 aromatic heterocycles. The minimum Gasteiger partial charge on any atom is -0.493 e. The Kier molecular flexibility index (Phi) is 5.80. The molecule has 0 atom stereocenters. The number of alkyl halides is 3. The van der Waals surface area contributed by atoms with Gasteiger partial charge in [-0.25, -0.2) is 0 Å². The van der Waals surface area contributed by atoms with Gasteiger partial charge in [0.25, 0.3) is 0 Å². The molecular formula is C16H22F3N3O2. The first-order valence-electron chi connectivity index (χ1n) is 7.64. The first kappa shape index (κ1) is 18.2. The SMILES string of the molecule is CN=C(NCCC(F)(F)F)N1CCc2cc(OC)c(OC)cc2C1. The zero-order chi connectivity index (χ0) is 17.7. The number of aliphatic imine (C=N–C) groups is 1. The number of guanidine groups is 1. The van der Waals surface area contributed by atoms with Crippen LogP contribution < -0.4 is 14.8 Å². The second kappa shape index (κ2) is 7.63. The smallest absolute Gasteiger partial charge is 0.390 e. The lowest BCUT2D eigenvalue weighted by atomic mass is 9.99. The molecule has 0 aliphatic carbocycles. The lowest BCUT2D eigenvalue weighted by Crippen LogP contribution is -2.44. The summed E-state index contributed by atoms with van der Waals surface area (Å²) >= 11 is 0. The van der Waals surface area contributed by atoms with Crippen LogP contribution in [0.1, 0.15) is 17.5 Å². The second-order valence-electron chi connectivity index (χ2n) is 5.49. The summed E-state index contributed by atoms with van der Waals surface area (Å²) in [7, 11) is 4.73. The van der Waals surface area contributed by atoms with Gasteiger partial charge in [0, 0.05) is 26.7 Å². The Morgan fingerprint density at radius 1 is 1.21 bits per heavy atom. The summed E-state index contributed by atoms with van der Waals surface area (Å²) in [5.41, 5.74) is 2.20. The van der Waals surface area contributed by atoms with Crippen molar-refractivity contribution in [2.75, 3.05) is 34.4 Å². The van der Waals surface area contributed by atoms with E-state index in [-0.39, 0.29) is 6.54 Å². The Morgan fingerprint density at radius 3 is 2.38 bits per heavy atom. The van der Waals surface area contributed by atoms with E-state index < -0.39 is 12.6 Å². The van der Waals surface area contributed by atoms with Crippen molar-refractivity contribution in [2.24, 2.45) is 4.99 Å². The van der Waals surface area contributed by atoms with Crippen LogP contribution in [-0.2, 0) is 13.0 Å². The Hall–Kier alpha value is -2.12. The van der Waals surface area contributed by atoms with E-state index in [4.69, 9.17) is 9.47 Å². The third-order valence-electron chi connectivity index (χ3n) is 3.92. The molecule has 24 heavy (non-hydrogen) atoms. The molecule has 0 amide bonds. The number of hydrogen-bond acceptors (Lipinski definition) is 3. The highest BCUT2D eigenvalue weighted by Crippen LogP contribution is 2.33. The van der Waals surface area contributed by atoms with Gasteiger partial charge in [0.1, 0.15) is 0 Å². The van der Waals surface area contributed by atoms with Gasteiger partial charge in [-0.05, 0) is 29.7 Å². The Balaban J connectivity index is 2.07. The topological polar surface area (TPSA) is 46.1 Å². The standard InChI is InChI=1S/C16H22F3N3O2/c1-20-15(21-6-5-16(17,18)19)22-7-4-11-8-13(23-2)14(24-3)9-12(11)10-22/h8-9H,4-7,10H2,1-3H3,(H,20,21). The van der Waals surface area contributed by atoms with Gasteiger partial charge < -0.3 is 19.7 Å². The van der Waals surface area contributed by atoms with Crippen molar-refractivity contribution in [1.29, 1.82) is 0 Å². The molecule has 1 N–H and O–H groups in total. The van der Waals surface area contributed by atoms with E-state index in [1.807, 2.05) is 17.0 Å². The van der Waals surface area contributed by atoms with Crippen LogP contribution >= 0.6 is 0 Å². The van der Waals surface area contributed by atoms with Gasteiger partial charge in [-0.2, -0.15) is 13.2 Å². The molecule has 1 aliphatic heterocycles. The van der Waals surface area contributed by atoms with Crippen LogP contribution in [0.25, 0.3) is 0 Å². The van der Waals surface area contributed by atoms with E-state index in [0.29, 0.717) is 30.5 Å². The molecule has 5 nitrogen and oxygen atoms in total. The van der Waals surface area contributed by atoms with Crippen molar-refractivity contribution >= 4 is 5.96 Å². The molecule has 1 aromatic carbocycles. The summed E-state index contributed by atoms with van der Waals surface area (Å²) in [5.74, 6) is 1.79. The third-order valence-corrected chi connectivity index (χ3v) is 3.92. The Bertz CT molecular complexity index is 603. The van der Waals surface area contributed by atoms with Crippen molar-refractivity contribution < 1.29 is 22.6 Å². The predicted molar refractivity (Wildman–Crippen MR) is 85.7 cm³/mol. The molecule has 8 heteroatoms. The number of methoxy groups -OCH3 is 2. The Morgan fingerprint density at radius 2 is 1.83 bits per heavy atom. The maximum Gasteiger partial charge on any atom is 0.390 e. The molecule has 2 rings (SSSR count). The normalized spacial score (nSPS) is 15.1. The fourth-order valence-corrected chi connectivity index (χ4v) is 2.71. The maximum atomic E-state index is 12.3. The monoisotopic (exact) mass is 345 g/mol. The molecule has 1 aromatic rings. The van der Waals surface area contributed by atoms with Gasteiger partial charge in [-0.3, -0.25) is 4.99 Å². The van der Waals surface area contributed by atoms with Gasteiger partial charge in [-0.15, -0.1) is 0 Å². The summed E-state index contributed by atoms with van der Waals surface area (Å²) in [5, 5.41) is 2.78. The average Bonchev–Trinajstić information content (AvgIpc) is 2.56. The van der Waals surface area contributed by atoms with Crippen LogP contribution in [0.5, 0.6) is 11.5 Å². The van der Waals surface area contributed by atoms with Crippen molar-refractivity contribution in [3.63, 3.8) is 0 Å². The molecule has 0 bridgehead atoms. The second-order valence-corrected chi connectivity index (χ2v) is 5.49. The van der Waals surface area contributed by atoms with Crippen LogP contribution in [-0.4, -0.2) is 51.4 Å². The van der Waals surface area contributed by atoms with E-state index in [9.17, 15) is 13.2 Å². The van der Waals surface area contributed by atoms with Crippen LogP contribution in [0, 0.1) is 0 Å². The highest BCUT2D eigenvalue weighted by atomic mass is 19.4. The summed E-state index contributed by atoms with van der Waals surface area (Å²) < 4.78 is 47.5. The zero-order valence-corrected chi connectivity index (χ0v) is 14.0. The number of ether oxygens (including phenoxy) is 2. The molecule has 0 unspecified atom stereocenters. The minimum atomic E-state index is -4.18. The highest BCUT2D eigenvalue weighted by molar-refractivity contribution is 5.80. The van der Waals surface area contributed by atoms with E-state index >= 15 is 0 Å². The fourth-order valence-electron chi connectivity index (χ4n) is 2.71. The van der Waals surface area contributed by atoms with Gasteiger partial charge in [0.05, 0.1) is 20.6 Å². The molecule has 134 valence electrons. The van der Waals surface area contributed by atoms with Crippen molar-refractivity contribution in [2.45, 2.75) is 25.6 Å². The number of fused-ring (bicyclic) bond motifs is 1. The first-order valence-corrected chi connectivity index (χ1v) is 7.64. The quantitative estimate of drug-likeness (QED) is 0.673. The first-order chi connectivity index (χ1) is 11.4. The van der Waals surface area contributed by atoms with Crippen molar-refractivity contribution in [1.82, 2.24) is 10.2 Å². The molecule has 0 saturated carbocycles. The molecule has 1 aliphatic rings. The van der Waals surface area contributed by atoms with Crippen LogP contribution in [0.15, 0.2) is 17.1 Å². The average molecular weight is 345 g/mol. The summed E-state index contributed by atoms with van der Waals surface area (Å²) in [4.78, 5) is 6.02. The summed E-state index contributed by atoms with van der Waals surface area (Å²) in [6.07, 6.45) is -4.30. The number of benzene rings is 1. The van der Waals surface area contributed by atoms with E-state index in [2.05, 4.69) is 10.3 Å². The maximum absolute atomic E-state index is 12.3. The van der Waals surface area contributed by atoms with Gasteiger partial charge in [-0.1, -0.05) is 0 Å². The van der Waals surface area contributed by atoms with E-state index in [0.717, 1.165) is 17.5 Å². The minimum absolute atomic E-state index is 0.189. The van der Waals surface area contributed by atoms with Crippen LogP contribution in [0.2, 0.25) is 0 Å². The largest absolute Gasteiger partial charge is 0.493 e. The van der Waals surface area contributed by atoms with Gasteiger partial charge >= 0.3 is 6.18 Å². The van der Waals surface area contributed by atoms with Gasteiger partial charge in [0.15, 0.2) is 17.5 Å². The molecule has 0 saturated heterocycles. The molecule has 0 radical (unpaired) electrons. The highest BCUT2D eigenvalue weighted by Gasteiger charge is 2.27. The number of halogens is 3. The molecular weight excluding hydrogens is 323 g/mol. The zero-order valence-electron chi connectivity index (χ0n) is 14.0. The van der Waals surface area contributed by atoms with Crippen molar-refractivity contribution in [3.05, 3.63) is 23.3 Å². The number of rotatable bonds is 4. The number of hydrogen-bond donors (Lipinski definition) is 1. The number of nitrogens with zero attached hydrogens (tertiary/aromatic N) is 2. The van der Waals surface area contributed by atoms with Crippen LogP contribution in [0.3, 0.4) is 0 Å². The third kappa shape index (κ3) is 4.46. The van der Waals surface area contributed by atoms with Gasteiger partial charge in [0.2, 0.25) is 0 Å². The van der Waals surface area contributed by atoms with E-state index in [1.165, 1.54) is 0 Å². The number of nitrogens with one attached hydrogen (secondary N) is 1. The summed E-state index contributed by atoms with van der Waals surface area (Å²) in [6.45, 7) is 1.04. The van der Waals surface area contributed by atoms with Crippen molar-refractivity contribution in [3.8, 4) is 11.5 Å². The summed E-state index contributed by atoms with van der Waals surface area (Å²) in [6, 6.07) is 3.86. The predicted octanol–water partition coefficient (Wildman–Crippen LogP) is 2.59. The lowest BCUT2D eigenvalue weighted by molar-refractivity contribution is -0.132. The lowest BCUT2D eigenvalue weighted by Gasteiger charge is -2.32. The fraction of sp³-hybridized carbons (Fsp3) is 0.562.